The van der Waals surface area contributed by atoms with Gasteiger partial charge in [-0.25, -0.2) is 18.4 Å². The van der Waals surface area contributed by atoms with Crippen LogP contribution in [0.5, 0.6) is 0 Å². The molecule has 110 valence electrons. The second-order valence-electron chi connectivity index (χ2n) is 5.17. The third-order valence-electron chi connectivity index (χ3n) is 3.94. The standard InChI is InChI=1S/C13H18N2O4S/c1-2-13(6-3-7-13)15-11-5-4-9(20(14,18)19)8-10(11)12(16)17/h4-5,8,15H,2-3,6-7H2,1H3,(H,16,17)(H2,14,18,19). The molecular formula is C13H18N2O4S. The number of benzene rings is 1. The smallest absolute Gasteiger partial charge is 0.337 e. The van der Waals surface area contributed by atoms with Gasteiger partial charge in [0, 0.05) is 11.2 Å². The van der Waals surface area contributed by atoms with Gasteiger partial charge in [0.15, 0.2) is 0 Å². The van der Waals surface area contributed by atoms with Crippen molar-refractivity contribution in [2.75, 3.05) is 5.32 Å². The van der Waals surface area contributed by atoms with Gasteiger partial charge in [-0.15, -0.1) is 0 Å². The van der Waals surface area contributed by atoms with Crippen molar-refractivity contribution >= 4 is 21.7 Å². The Morgan fingerprint density at radius 1 is 1.45 bits per heavy atom. The van der Waals surface area contributed by atoms with Crippen LogP contribution in [0, 0.1) is 0 Å². The lowest BCUT2D eigenvalue weighted by Gasteiger charge is -2.43. The van der Waals surface area contributed by atoms with Gasteiger partial charge >= 0.3 is 5.97 Å². The average Bonchev–Trinajstić information content (AvgIpc) is 2.32. The minimum absolute atomic E-state index is 0.0729. The van der Waals surface area contributed by atoms with Crippen LogP contribution in [0.2, 0.25) is 0 Å². The Labute approximate surface area is 118 Å². The van der Waals surface area contributed by atoms with Crippen LogP contribution in [-0.2, 0) is 10.0 Å². The van der Waals surface area contributed by atoms with Crippen molar-refractivity contribution in [1.82, 2.24) is 0 Å². The lowest BCUT2D eigenvalue weighted by molar-refractivity contribution is 0.0697. The zero-order valence-corrected chi connectivity index (χ0v) is 12.0. The molecule has 0 aliphatic heterocycles. The van der Waals surface area contributed by atoms with Crippen molar-refractivity contribution in [1.29, 1.82) is 0 Å². The summed E-state index contributed by atoms with van der Waals surface area (Å²) < 4.78 is 22.6. The summed E-state index contributed by atoms with van der Waals surface area (Å²) in [4.78, 5) is 11.1. The van der Waals surface area contributed by atoms with E-state index in [1.165, 1.54) is 12.1 Å². The number of rotatable bonds is 5. The van der Waals surface area contributed by atoms with Crippen molar-refractivity contribution < 1.29 is 18.3 Å². The van der Waals surface area contributed by atoms with Crippen molar-refractivity contribution in [2.24, 2.45) is 5.14 Å². The fourth-order valence-corrected chi connectivity index (χ4v) is 2.98. The molecular weight excluding hydrogens is 280 g/mol. The number of aromatic carboxylic acids is 1. The number of hydrogen-bond acceptors (Lipinski definition) is 4. The quantitative estimate of drug-likeness (QED) is 0.767. The van der Waals surface area contributed by atoms with Crippen LogP contribution in [0.1, 0.15) is 43.0 Å². The molecule has 1 fully saturated rings. The normalized spacial score (nSPS) is 17.3. The van der Waals surface area contributed by atoms with Gasteiger partial charge in [-0.05, 0) is 43.9 Å². The summed E-state index contributed by atoms with van der Waals surface area (Å²) in [6.45, 7) is 2.05. The van der Waals surface area contributed by atoms with Gasteiger partial charge in [0.1, 0.15) is 0 Å². The molecule has 0 atom stereocenters. The molecule has 1 saturated carbocycles. The number of nitrogens with one attached hydrogen (secondary N) is 1. The lowest BCUT2D eigenvalue weighted by atomic mass is 9.74. The van der Waals surface area contributed by atoms with Gasteiger partial charge in [-0.2, -0.15) is 0 Å². The zero-order valence-electron chi connectivity index (χ0n) is 11.2. The molecule has 0 spiro atoms. The highest BCUT2D eigenvalue weighted by Crippen LogP contribution is 2.38. The summed E-state index contributed by atoms with van der Waals surface area (Å²) in [5, 5.41) is 17.5. The summed E-state index contributed by atoms with van der Waals surface area (Å²) in [6.07, 6.45) is 3.97. The number of sulfonamides is 1. The highest BCUT2D eigenvalue weighted by molar-refractivity contribution is 7.89. The molecule has 0 saturated heterocycles. The molecule has 6 nitrogen and oxygen atoms in total. The predicted octanol–water partition coefficient (Wildman–Crippen LogP) is 1.78. The Bertz CT molecular complexity index is 630. The number of anilines is 1. The van der Waals surface area contributed by atoms with Crippen LogP contribution in [0.25, 0.3) is 0 Å². The van der Waals surface area contributed by atoms with E-state index in [0.29, 0.717) is 5.69 Å². The second-order valence-corrected chi connectivity index (χ2v) is 6.73. The summed E-state index contributed by atoms with van der Waals surface area (Å²) in [6, 6.07) is 3.90. The van der Waals surface area contributed by atoms with Gasteiger partial charge < -0.3 is 10.4 Å². The summed E-state index contributed by atoms with van der Waals surface area (Å²) in [5.41, 5.74) is 0.288. The maximum Gasteiger partial charge on any atom is 0.337 e. The van der Waals surface area contributed by atoms with Gasteiger partial charge in [0.2, 0.25) is 10.0 Å². The van der Waals surface area contributed by atoms with E-state index in [1.807, 2.05) is 6.92 Å². The summed E-state index contributed by atoms with van der Waals surface area (Å²) in [5.74, 6) is -1.18. The summed E-state index contributed by atoms with van der Waals surface area (Å²) in [7, 11) is -3.91. The number of carboxylic acids is 1. The van der Waals surface area contributed by atoms with Crippen LogP contribution < -0.4 is 10.5 Å². The third-order valence-corrected chi connectivity index (χ3v) is 4.85. The van der Waals surface area contributed by atoms with Crippen molar-refractivity contribution in [3.63, 3.8) is 0 Å². The molecule has 1 aliphatic carbocycles. The van der Waals surface area contributed by atoms with E-state index in [2.05, 4.69) is 5.32 Å². The topological polar surface area (TPSA) is 109 Å². The summed E-state index contributed by atoms with van der Waals surface area (Å²) >= 11 is 0. The lowest BCUT2D eigenvalue weighted by Crippen LogP contribution is -2.44. The van der Waals surface area contributed by atoms with Crippen LogP contribution in [0.4, 0.5) is 5.69 Å². The number of carbonyl (C=O) groups is 1. The SMILES string of the molecule is CCC1(Nc2ccc(S(N)(=O)=O)cc2C(=O)O)CCC1. The van der Waals surface area contributed by atoms with Gasteiger partial charge in [0.25, 0.3) is 0 Å². The molecule has 0 heterocycles. The second kappa shape index (κ2) is 5.06. The van der Waals surface area contributed by atoms with Crippen LogP contribution in [-0.4, -0.2) is 25.0 Å². The van der Waals surface area contributed by atoms with Gasteiger partial charge in [-0.3, -0.25) is 0 Å². The van der Waals surface area contributed by atoms with E-state index in [-0.39, 0.29) is 16.0 Å². The Hall–Kier alpha value is -1.60. The van der Waals surface area contributed by atoms with E-state index >= 15 is 0 Å². The Morgan fingerprint density at radius 3 is 2.50 bits per heavy atom. The van der Waals surface area contributed by atoms with Crippen molar-refractivity contribution in [2.45, 2.75) is 43.0 Å². The fraction of sp³-hybridized carbons (Fsp3) is 0.462. The molecule has 7 heteroatoms. The Balaban J connectivity index is 2.41. The molecule has 2 rings (SSSR count). The van der Waals surface area contributed by atoms with Crippen LogP contribution >= 0.6 is 0 Å². The predicted molar refractivity (Wildman–Crippen MR) is 75.3 cm³/mol. The fourth-order valence-electron chi connectivity index (χ4n) is 2.44. The molecule has 1 aromatic carbocycles. The molecule has 0 bridgehead atoms. The molecule has 0 amide bonds. The minimum atomic E-state index is -3.91. The Kier molecular flexibility index (Phi) is 3.75. The van der Waals surface area contributed by atoms with Crippen molar-refractivity contribution in [3.05, 3.63) is 23.8 Å². The molecule has 1 aromatic rings. The number of carboxylic acid groups (broad SMARTS) is 1. The number of primary sulfonamides is 1. The maximum atomic E-state index is 11.3. The number of hydrogen-bond donors (Lipinski definition) is 3. The van der Waals surface area contributed by atoms with E-state index in [9.17, 15) is 18.3 Å². The van der Waals surface area contributed by atoms with Crippen LogP contribution in [0.3, 0.4) is 0 Å². The minimum Gasteiger partial charge on any atom is -0.478 e. The molecule has 4 N–H and O–H groups in total. The maximum absolute atomic E-state index is 11.3. The monoisotopic (exact) mass is 298 g/mol. The largest absolute Gasteiger partial charge is 0.478 e. The molecule has 0 radical (unpaired) electrons. The highest BCUT2D eigenvalue weighted by Gasteiger charge is 2.35. The molecule has 20 heavy (non-hydrogen) atoms. The molecule has 0 aromatic heterocycles. The number of nitrogens with two attached hydrogens (primary N) is 1. The van der Waals surface area contributed by atoms with E-state index in [0.717, 1.165) is 31.7 Å². The van der Waals surface area contributed by atoms with E-state index in [1.54, 1.807) is 0 Å². The van der Waals surface area contributed by atoms with Crippen LogP contribution in [0.15, 0.2) is 23.1 Å². The van der Waals surface area contributed by atoms with Gasteiger partial charge in [-0.1, -0.05) is 6.92 Å². The first-order chi connectivity index (χ1) is 9.27. The van der Waals surface area contributed by atoms with Crippen molar-refractivity contribution in [3.8, 4) is 0 Å². The third kappa shape index (κ3) is 2.78. The van der Waals surface area contributed by atoms with E-state index < -0.39 is 16.0 Å². The first kappa shape index (κ1) is 14.8. The average molecular weight is 298 g/mol. The molecule has 1 aliphatic rings. The first-order valence-electron chi connectivity index (χ1n) is 6.46. The van der Waals surface area contributed by atoms with E-state index in [4.69, 9.17) is 5.14 Å². The van der Waals surface area contributed by atoms with Gasteiger partial charge in [0.05, 0.1) is 10.5 Å². The molecule has 0 unspecified atom stereocenters. The Morgan fingerprint density at radius 2 is 2.10 bits per heavy atom. The first-order valence-corrected chi connectivity index (χ1v) is 8.00. The zero-order chi connectivity index (χ0) is 15.0. The highest BCUT2D eigenvalue weighted by atomic mass is 32.2.